The van der Waals surface area contributed by atoms with Crippen LogP contribution in [0.25, 0.3) is 16.1 Å². The lowest BCUT2D eigenvalue weighted by molar-refractivity contribution is -0.125. The first-order valence-corrected chi connectivity index (χ1v) is 7.57. The Bertz CT molecular complexity index is 729. The lowest BCUT2D eigenvalue weighted by Crippen LogP contribution is -2.40. The molecule has 0 unspecified atom stereocenters. The molecule has 0 saturated heterocycles. The first-order valence-electron chi connectivity index (χ1n) is 7.57. The molecule has 0 fully saturated rings. The van der Waals surface area contributed by atoms with Gasteiger partial charge >= 0.3 is 0 Å². The van der Waals surface area contributed by atoms with E-state index in [-0.39, 0.29) is 11.7 Å². The minimum absolute atomic E-state index is 0.0156. The van der Waals surface area contributed by atoms with E-state index in [1.807, 2.05) is 45.0 Å². The van der Waals surface area contributed by atoms with Gasteiger partial charge in [-0.25, -0.2) is 0 Å². The lowest BCUT2D eigenvalue weighted by atomic mass is 9.83. The summed E-state index contributed by atoms with van der Waals surface area (Å²) in [7, 11) is 0. The lowest BCUT2D eigenvalue weighted by Gasteiger charge is -2.24. The van der Waals surface area contributed by atoms with Crippen molar-refractivity contribution >= 4 is 11.7 Å². The van der Waals surface area contributed by atoms with Gasteiger partial charge < -0.3 is 10.2 Å². The summed E-state index contributed by atoms with van der Waals surface area (Å²) in [6, 6.07) is 7.66. The van der Waals surface area contributed by atoms with Gasteiger partial charge in [-0.15, -0.1) is 4.98 Å². The smallest absolute Gasteiger partial charge is 0.288 e. The standard InChI is InChI=1S/C18H20N4O/c1-5-10-21-17(23)18(2,3)14-8-6-13(7-9-14)15-11-20-12-16(19-4)22-15/h6-9,11-12H,5,10H2,1-3H3,(H,21,23). The number of aromatic nitrogens is 2. The van der Waals surface area contributed by atoms with Crippen LogP contribution in [0.15, 0.2) is 36.7 Å². The molecule has 0 aliphatic heterocycles. The first kappa shape index (κ1) is 16.6. The van der Waals surface area contributed by atoms with Crippen LogP contribution in [-0.2, 0) is 10.2 Å². The van der Waals surface area contributed by atoms with E-state index in [1.54, 1.807) is 6.20 Å². The molecule has 0 aliphatic carbocycles. The highest BCUT2D eigenvalue weighted by Gasteiger charge is 2.29. The van der Waals surface area contributed by atoms with E-state index in [0.29, 0.717) is 12.2 Å². The molecule has 0 radical (unpaired) electrons. The molecule has 1 amide bonds. The van der Waals surface area contributed by atoms with Gasteiger partial charge in [0.1, 0.15) is 0 Å². The van der Waals surface area contributed by atoms with Crippen LogP contribution >= 0.6 is 0 Å². The zero-order valence-electron chi connectivity index (χ0n) is 13.6. The van der Waals surface area contributed by atoms with Gasteiger partial charge in [-0.1, -0.05) is 37.8 Å². The van der Waals surface area contributed by atoms with E-state index in [4.69, 9.17) is 6.57 Å². The summed E-state index contributed by atoms with van der Waals surface area (Å²) >= 11 is 0. The number of carbonyl (C=O) groups is 1. The van der Waals surface area contributed by atoms with Crippen molar-refractivity contribution in [3.05, 3.63) is 53.6 Å². The number of hydrogen-bond acceptors (Lipinski definition) is 3. The number of nitrogens with one attached hydrogen (secondary N) is 1. The fourth-order valence-corrected chi connectivity index (χ4v) is 2.20. The SMILES string of the molecule is [C-]#[N+]c1cncc(-c2ccc(C(C)(C)C(=O)NCCC)cc2)n1. The summed E-state index contributed by atoms with van der Waals surface area (Å²) in [5.74, 6) is 0.285. The molecule has 1 aromatic carbocycles. The summed E-state index contributed by atoms with van der Waals surface area (Å²) in [5.41, 5.74) is 1.86. The average Bonchev–Trinajstić information content (AvgIpc) is 2.59. The highest BCUT2D eigenvalue weighted by Crippen LogP contribution is 2.26. The normalized spacial score (nSPS) is 10.9. The highest BCUT2D eigenvalue weighted by atomic mass is 16.2. The molecule has 1 aromatic heterocycles. The first-order chi connectivity index (χ1) is 11.0. The molecule has 1 heterocycles. The van der Waals surface area contributed by atoms with Gasteiger partial charge in [-0.3, -0.25) is 9.78 Å². The Balaban J connectivity index is 2.25. The second-order valence-corrected chi connectivity index (χ2v) is 5.83. The zero-order chi connectivity index (χ0) is 16.9. The van der Waals surface area contributed by atoms with Gasteiger partial charge in [0.25, 0.3) is 5.82 Å². The van der Waals surface area contributed by atoms with E-state index in [1.165, 1.54) is 6.20 Å². The molecule has 23 heavy (non-hydrogen) atoms. The van der Waals surface area contributed by atoms with Crippen LogP contribution in [0.2, 0.25) is 0 Å². The third kappa shape index (κ3) is 3.72. The molecule has 2 aromatic rings. The van der Waals surface area contributed by atoms with E-state index in [9.17, 15) is 4.79 Å². The van der Waals surface area contributed by atoms with Crippen molar-refractivity contribution in [1.82, 2.24) is 15.3 Å². The fourth-order valence-electron chi connectivity index (χ4n) is 2.20. The number of benzene rings is 1. The van der Waals surface area contributed by atoms with Crippen LogP contribution in [0.1, 0.15) is 32.8 Å². The number of nitrogens with zero attached hydrogens (tertiary/aromatic N) is 3. The Morgan fingerprint density at radius 1 is 1.26 bits per heavy atom. The molecule has 0 spiro atoms. The second kappa shape index (κ2) is 7.01. The van der Waals surface area contributed by atoms with Gasteiger partial charge in [-0.2, -0.15) is 0 Å². The quantitative estimate of drug-likeness (QED) is 0.860. The summed E-state index contributed by atoms with van der Waals surface area (Å²) in [4.78, 5) is 23.8. The van der Waals surface area contributed by atoms with Crippen molar-refractivity contribution in [2.24, 2.45) is 0 Å². The van der Waals surface area contributed by atoms with Gasteiger partial charge in [-0.05, 0) is 25.8 Å². The maximum Gasteiger partial charge on any atom is 0.288 e. The zero-order valence-corrected chi connectivity index (χ0v) is 13.6. The van der Waals surface area contributed by atoms with Crippen LogP contribution < -0.4 is 5.32 Å². The molecule has 0 aliphatic rings. The van der Waals surface area contributed by atoms with Gasteiger partial charge in [0.05, 0.1) is 17.8 Å². The number of rotatable bonds is 5. The van der Waals surface area contributed by atoms with Crippen LogP contribution in [0, 0.1) is 6.57 Å². The maximum absolute atomic E-state index is 12.3. The molecule has 118 valence electrons. The van der Waals surface area contributed by atoms with E-state index < -0.39 is 5.41 Å². The monoisotopic (exact) mass is 308 g/mol. The molecule has 2 rings (SSSR count). The van der Waals surface area contributed by atoms with E-state index >= 15 is 0 Å². The molecule has 5 heteroatoms. The summed E-state index contributed by atoms with van der Waals surface area (Å²) in [5, 5.41) is 2.94. The summed E-state index contributed by atoms with van der Waals surface area (Å²) in [6.07, 6.45) is 3.98. The van der Waals surface area contributed by atoms with Gasteiger partial charge in [0.2, 0.25) is 5.91 Å². The minimum atomic E-state index is -0.599. The largest absolute Gasteiger partial charge is 0.359 e. The summed E-state index contributed by atoms with van der Waals surface area (Å²) < 4.78 is 0. The van der Waals surface area contributed by atoms with E-state index in [2.05, 4.69) is 20.1 Å². The van der Waals surface area contributed by atoms with Crippen molar-refractivity contribution in [1.29, 1.82) is 0 Å². The fraction of sp³-hybridized carbons (Fsp3) is 0.333. The van der Waals surface area contributed by atoms with Crippen molar-refractivity contribution in [2.45, 2.75) is 32.6 Å². The van der Waals surface area contributed by atoms with Crippen LogP contribution in [-0.4, -0.2) is 22.4 Å². The predicted molar refractivity (Wildman–Crippen MR) is 90.1 cm³/mol. The van der Waals surface area contributed by atoms with Crippen molar-refractivity contribution in [2.75, 3.05) is 6.54 Å². The van der Waals surface area contributed by atoms with Crippen molar-refractivity contribution in [3.8, 4) is 11.3 Å². The average molecular weight is 308 g/mol. The maximum atomic E-state index is 12.3. The Labute approximate surface area is 136 Å². The molecule has 5 nitrogen and oxygen atoms in total. The Kier molecular flexibility index (Phi) is 5.07. The molecule has 0 bridgehead atoms. The van der Waals surface area contributed by atoms with Gasteiger partial charge in [0.15, 0.2) is 5.69 Å². The van der Waals surface area contributed by atoms with Crippen molar-refractivity contribution in [3.63, 3.8) is 0 Å². The molecule has 0 saturated carbocycles. The molecule has 0 atom stereocenters. The molecule has 1 N–H and O–H groups in total. The third-order valence-electron chi connectivity index (χ3n) is 3.74. The number of carbonyl (C=O) groups excluding carboxylic acids is 1. The Hall–Kier alpha value is -2.74. The highest BCUT2D eigenvalue weighted by molar-refractivity contribution is 5.87. The van der Waals surface area contributed by atoms with Crippen molar-refractivity contribution < 1.29 is 4.79 Å². The van der Waals surface area contributed by atoms with Crippen LogP contribution in [0.3, 0.4) is 0 Å². The Morgan fingerprint density at radius 2 is 1.96 bits per heavy atom. The van der Waals surface area contributed by atoms with Gasteiger partial charge in [0, 0.05) is 12.1 Å². The van der Waals surface area contributed by atoms with Crippen LogP contribution in [0.4, 0.5) is 5.82 Å². The van der Waals surface area contributed by atoms with E-state index in [0.717, 1.165) is 17.5 Å². The molecular formula is C18H20N4O. The van der Waals surface area contributed by atoms with Crippen LogP contribution in [0.5, 0.6) is 0 Å². The topological polar surface area (TPSA) is 59.2 Å². The number of amides is 1. The third-order valence-corrected chi connectivity index (χ3v) is 3.74. The minimum Gasteiger partial charge on any atom is -0.359 e. The second-order valence-electron chi connectivity index (χ2n) is 5.83. The summed E-state index contributed by atoms with van der Waals surface area (Å²) in [6.45, 7) is 13.5. The Morgan fingerprint density at radius 3 is 2.57 bits per heavy atom. The number of hydrogen-bond donors (Lipinski definition) is 1. The predicted octanol–water partition coefficient (Wildman–Crippen LogP) is 3.50. The molecular weight excluding hydrogens is 288 g/mol.